The number of hydrogen-bond donors (Lipinski definition) is 3. The maximum absolute atomic E-state index is 5.74. The molecule has 7 nitrogen and oxygen atoms in total. The van der Waals surface area contributed by atoms with Gasteiger partial charge in [-0.1, -0.05) is 43.2 Å². The highest BCUT2D eigenvalue weighted by Gasteiger charge is 2.10. The maximum Gasteiger partial charge on any atom is 0.320 e. The molecule has 0 aliphatic heterocycles. The van der Waals surface area contributed by atoms with Crippen LogP contribution in [0, 0.1) is 0 Å². The summed E-state index contributed by atoms with van der Waals surface area (Å²) in [4.78, 5) is 16.1. The van der Waals surface area contributed by atoms with Crippen LogP contribution in [0.1, 0.15) is 31.2 Å². The fraction of sp³-hybridized carbons (Fsp3) is 0.389. The summed E-state index contributed by atoms with van der Waals surface area (Å²) in [6.07, 6.45) is 6.08. The van der Waals surface area contributed by atoms with Crippen molar-refractivity contribution in [1.82, 2.24) is 19.9 Å². The Hall–Kier alpha value is -2.67. The van der Waals surface area contributed by atoms with E-state index in [9.17, 15) is 0 Å². The predicted octanol–water partition coefficient (Wildman–Crippen LogP) is 2.86. The summed E-state index contributed by atoms with van der Waals surface area (Å²) in [5.74, 6) is 0.726. The number of ether oxygens (including phenoxy) is 1. The average Bonchev–Trinajstić information content (AvgIpc) is 3.12. The first-order valence-corrected chi connectivity index (χ1v) is 8.68. The maximum atomic E-state index is 5.74. The topological polar surface area (TPSA) is 102 Å². The molecule has 0 saturated carbocycles. The second kappa shape index (κ2) is 8.98. The minimum atomic E-state index is 0.328. The predicted molar refractivity (Wildman–Crippen MR) is 98.5 cm³/mol. The third-order valence-electron chi connectivity index (χ3n) is 3.90. The van der Waals surface area contributed by atoms with Crippen LogP contribution in [0.25, 0.3) is 11.2 Å². The van der Waals surface area contributed by atoms with Gasteiger partial charge in [0.1, 0.15) is 12.1 Å². The van der Waals surface area contributed by atoms with Gasteiger partial charge in [-0.25, -0.2) is 4.98 Å². The molecule has 1 aromatic carbocycles. The Morgan fingerprint density at radius 3 is 2.72 bits per heavy atom. The molecule has 2 aromatic heterocycles. The number of nitrogens with one attached hydrogen (secondary N) is 2. The molecule has 0 fully saturated rings. The molecule has 0 radical (unpaired) electrons. The lowest BCUT2D eigenvalue weighted by Crippen LogP contribution is -2.07. The van der Waals surface area contributed by atoms with Crippen LogP contribution in [0.2, 0.25) is 0 Å². The molecule has 3 rings (SSSR count). The van der Waals surface area contributed by atoms with E-state index < -0.39 is 0 Å². The molecular formula is C18H24N6O. The minimum absolute atomic E-state index is 0.328. The number of aromatic nitrogens is 4. The standard InChI is InChI=1S/C18H24N6O/c19-10-6-1-2-7-11-20-16-15-17(22-13-21-15)24-18(23-16)25-12-14-8-4-3-5-9-14/h3-5,8-9,13H,1-2,6-7,10-12,19H2,(H2,20,21,22,23,24). The summed E-state index contributed by atoms with van der Waals surface area (Å²) in [6, 6.07) is 10.3. The number of nitrogens with zero attached hydrogens (tertiary/aromatic N) is 3. The van der Waals surface area contributed by atoms with Crippen LogP contribution in [0.5, 0.6) is 6.01 Å². The van der Waals surface area contributed by atoms with Gasteiger partial charge in [0.15, 0.2) is 11.5 Å². The van der Waals surface area contributed by atoms with Gasteiger partial charge in [0, 0.05) is 6.54 Å². The van der Waals surface area contributed by atoms with Gasteiger partial charge in [0.25, 0.3) is 0 Å². The van der Waals surface area contributed by atoms with E-state index >= 15 is 0 Å². The lowest BCUT2D eigenvalue weighted by Gasteiger charge is -2.09. The number of hydrogen-bond acceptors (Lipinski definition) is 6. The van der Waals surface area contributed by atoms with E-state index in [1.54, 1.807) is 6.33 Å². The normalized spacial score (nSPS) is 10.9. The van der Waals surface area contributed by atoms with Crippen LogP contribution in [0.15, 0.2) is 36.7 Å². The van der Waals surface area contributed by atoms with Crippen LogP contribution in [0.4, 0.5) is 5.82 Å². The van der Waals surface area contributed by atoms with Gasteiger partial charge in [-0.05, 0) is 24.9 Å². The largest absolute Gasteiger partial charge is 0.458 e. The highest BCUT2D eigenvalue weighted by Crippen LogP contribution is 2.20. The molecule has 0 unspecified atom stereocenters. The Bertz CT molecular complexity index is 774. The molecule has 0 saturated heterocycles. The lowest BCUT2D eigenvalue weighted by molar-refractivity contribution is 0.282. The number of fused-ring (bicyclic) bond motifs is 1. The van der Waals surface area contributed by atoms with Crippen molar-refractivity contribution in [3.05, 3.63) is 42.2 Å². The number of unbranched alkanes of at least 4 members (excludes halogenated alkanes) is 3. The highest BCUT2D eigenvalue weighted by molar-refractivity contribution is 5.82. The monoisotopic (exact) mass is 340 g/mol. The first kappa shape index (κ1) is 17.2. The van der Waals surface area contributed by atoms with Crippen molar-refractivity contribution >= 4 is 17.0 Å². The Kier molecular flexibility index (Phi) is 6.17. The second-order valence-electron chi connectivity index (χ2n) is 5.86. The van der Waals surface area contributed by atoms with Gasteiger partial charge in [0.05, 0.1) is 6.33 Å². The Morgan fingerprint density at radius 1 is 1.04 bits per heavy atom. The zero-order valence-electron chi connectivity index (χ0n) is 14.2. The fourth-order valence-corrected chi connectivity index (χ4v) is 2.56. The summed E-state index contributed by atoms with van der Waals surface area (Å²) in [7, 11) is 0. The number of imidazole rings is 1. The van der Waals surface area contributed by atoms with Crippen molar-refractivity contribution in [1.29, 1.82) is 0 Å². The van der Waals surface area contributed by atoms with Gasteiger partial charge < -0.3 is 20.8 Å². The van der Waals surface area contributed by atoms with Crippen LogP contribution in [0.3, 0.4) is 0 Å². The number of H-pyrrole nitrogens is 1. The van der Waals surface area contributed by atoms with Crippen LogP contribution >= 0.6 is 0 Å². The van der Waals surface area contributed by atoms with Gasteiger partial charge in [-0.15, -0.1) is 0 Å². The van der Waals surface area contributed by atoms with E-state index in [1.807, 2.05) is 30.3 Å². The number of aromatic amines is 1. The molecular weight excluding hydrogens is 316 g/mol. The van der Waals surface area contributed by atoms with E-state index in [0.29, 0.717) is 18.3 Å². The van der Waals surface area contributed by atoms with Crippen LogP contribution < -0.4 is 15.8 Å². The minimum Gasteiger partial charge on any atom is -0.458 e. The summed E-state index contributed by atoms with van der Waals surface area (Å²) < 4.78 is 5.74. The summed E-state index contributed by atoms with van der Waals surface area (Å²) in [5, 5.41) is 3.36. The number of rotatable bonds is 10. The quantitative estimate of drug-likeness (QED) is 0.491. The van der Waals surface area contributed by atoms with E-state index in [4.69, 9.17) is 10.5 Å². The molecule has 0 aliphatic carbocycles. The van der Waals surface area contributed by atoms with Crippen molar-refractivity contribution in [2.45, 2.75) is 32.3 Å². The molecule has 25 heavy (non-hydrogen) atoms. The van der Waals surface area contributed by atoms with Gasteiger partial charge >= 0.3 is 6.01 Å². The van der Waals surface area contributed by atoms with E-state index in [-0.39, 0.29) is 0 Å². The Labute approximate surface area is 147 Å². The van der Waals surface area contributed by atoms with Crippen molar-refractivity contribution in [3.8, 4) is 6.01 Å². The molecule has 4 N–H and O–H groups in total. The Balaban J connectivity index is 1.62. The zero-order chi connectivity index (χ0) is 17.3. The molecule has 0 aliphatic rings. The SMILES string of the molecule is NCCCCCCNc1nc(OCc2ccccc2)nc2nc[nH]c12. The summed E-state index contributed by atoms with van der Waals surface area (Å²) in [6.45, 7) is 2.03. The fourth-order valence-electron chi connectivity index (χ4n) is 2.56. The second-order valence-corrected chi connectivity index (χ2v) is 5.86. The number of nitrogens with two attached hydrogens (primary N) is 1. The third-order valence-corrected chi connectivity index (χ3v) is 3.90. The highest BCUT2D eigenvalue weighted by atomic mass is 16.5. The molecule has 2 heterocycles. The third kappa shape index (κ3) is 4.90. The first-order chi connectivity index (χ1) is 12.4. The van der Waals surface area contributed by atoms with E-state index in [1.165, 1.54) is 0 Å². The van der Waals surface area contributed by atoms with Gasteiger partial charge in [0.2, 0.25) is 0 Å². The lowest BCUT2D eigenvalue weighted by atomic mass is 10.2. The smallest absolute Gasteiger partial charge is 0.320 e. The molecule has 3 aromatic rings. The van der Waals surface area contributed by atoms with Crippen LogP contribution in [-0.4, -0.2) is 33.0 Å². The average molecular weight is 340 g/mol. The zero-order valence-corrected chi connectivity index (χ0v) is 14.2. The van der Waals surface area contributed by atoms with E-state index in [0.717, 1.165) is 55.7 Å². The summed E-state index contributed by atoms with van der Waals surface area (Å²) >= 11 is 0. The van der Waals surface area contributed by atoms with Crippen molar-refractivity contribution in [2.75, 3.05) is 18.4 Å². The molecule has 0 amide bonds. The van der Waals surface area contributed by atoms with Crippen molar-refractivity contribution in [3.63, 3.8) is 0 Å². The van der Waals surface area contributed by atoms with Crippen LogP contribution in [-0.2, 0) is 6.61 Å². The first-order valence-electron chi connectivity index (χ1n) is 8.68. The summed E-state index contributed by atoms with van der Waals surface area (Å²) in [5.41, 5.74) is 7.99. The number of anilines is 1. The molecule has 132 valence electrons. The molecule has 0 bridgehead atoms. The molecule has 0 spiro atoms. The molecule has 7 heteroatoms. The van der Waals surface area contributed by atoms with Crippen molar-refractivity contribution in [2.24, 2.45) is 5.73 Å². The molecule has 0 atom stereocenters. The van der Waals surface area contributed by atoms with Gasteiger partial charge in [-0.3, -0.25) is 0 Å². The Morgan fingerprint density at radius 2 is 1.88 bits per heavy atom. The van der Waals surface area contributed by atoms with E-state index in [2.05, 4.69) is 25.3 Å². The van der Waals surface area contributed by atoms with Gasteiger partial charge in [-0.2, -0.15) is 9.97 Å². The number of benzene rings is 1. The van der Waals surface area contributed by atoms with Crippen molar-refractivity contribution < 1.29 is 4.74 Å².